The third kappa shape index (κ3) is 3.38. The van der Waals surface area contributed by atoms with Gasteiger partial charge in [-0.2, -0.15) is 0 Å². The van der Waals surface area contributed by atoms with Crippen molar-refractivity contribution in [1.29, 1.82) is 0 Å². The normalized spacial score (nSPS) is 12.2. The van der Waals surface area contributed by atoms with E-state index in [4.69, 9.17) is 5.11 Å². The van der Waals surface area contributed by atoms with Gasteiger partial charge in [-0.05, 0) is 17.5 Å². The van der Waals surface area contributed by atoms with E-state index in [0.717, 1.165) is 10.9 Å². The van der Waals surface area contributed by atoms with Crippen molar-refractivity contribution in [1.82, 2.24) is 9.88 Å². The Morgan fingerprint density at radius 3 is 2.80 bits per heavy atom. The number of nitrogens with zero attached hydrogens (tertiary/aromatic N) is 1. The topological polar surface area (TPSA) is 71.3 Å². The van der Waals surface area contributed by atoms with Gasteiger partial charge in [0.2, 0.25) is 5.91 Å². The fourth-order valence-corrected chi connectivity index (χ4v) is 2.00. The molecule has 1 atom stereocenters. The maximum atomic E-state index is 11.7. The van der Waals surface area contributed by atoms with Crippen LogP contribution in [0.4, 0.5) is 0 Å². The van der Waals surface area contributed by atoms with E-state index in [1.54, 1.807) is 6.92 Å². The Bertz CT molecular complexity index is 618. The van der Waals surface area contributed by atoms with Gasteiger partial charge in [0.1, 0.15) is 0 Å². The smallest absolute Gasteiger partial charge is 0.308 e. The van der Waals surface area contributed by atoms with Crippen molar-refractivity contribution < 1.29 is 14.7 Å². The number of para-hydroxylation sites is 1. The maximum absolute atomic E-state index is 11.7. The molecular weight excluding hydrogens is 256 g/mol. The first-order chi connectivity index (χ1) is 9.58. The zero-order chi connectivity index (χ0) is 14.5. The lowest BCUT2D eigenvalue weighted by molar-refractivity contribution is -0.141. The number of hydrogen-bond donors (Lipinski definition) is 2. The molecule has 2 rings (SSSR count). The molecule has 1 aromatic carbocycles. The highest BCUT2D eigenvalue weighted by molar-refractivity contribution is 5.80. The highest BCUT2D eigenvalue weighted by atomic mass is 16.4. The predicted octanol–water partition coefficient (Wildman–Crippen LogP) is 1.87. The van der Waals surface area contributed by atoms with Crippen LogP contribution >= 0.6 is 0 Å². The second-order valence-electron chi connectivity index (χ2n) is 4.86. The number of carbonyl (C=O) groups excluding carboxylic acids is 1. The Morgan fingerprint density at radius 2 is 2.05 bits per heavy atom. The Balaban J connectivity index is 1.86. The van der Waals surface area contributed by atoms with Gasteiger partial charge < -0.3 is 15.0 Å². The second-order valence-corrected chi connectivity index (χ2v) is 4.86. The molecule has 1 heterocycles. The molecule has 0 aliphatic heterocycles. The van der Waals surface area contributed by atoms with Crippen molar-refractivity contribution in [2.75, 3.05) is 6.54 Å². The number of aryl methyl sites for hydroxylation is 1. The number of nitrogens with one attached hydrogen (secondary N) is 1. The third-order valence-electron chi connectivity index (χ3n) is 3.29. The molecule has 0 saturated carbocycles. The van der Waals surface area contributed by atoms with E-state index >= 15 is 0 Å². The van der Waals surface area contributed by atoms with Gasteiger partial charge in [0, 0.05) is 31.2 Å². The fourth-order valence-electron chi connectivity index (χ4n) is 2.00. The number of carboxylic acids is 1. The number of aliphatic carboxylic acids is 1. The van der Waals surface area contributed by atoms with E-state index in [0.29, 0.717) is 13.0 Å². The van der Waals surface area contributed by atoms with Crippen molar-refractivity contribution in [3.8, 4) is 0 Å². The van der Waals surface area contributed by atoms with E-state index in [9.17, 15) is 9.59 Å². The number of carboxylic acid groups (broad SMARTS) is 1. The van der Waals surface area contributed by atoms with Crippen molar-refractivity contribution >= 4 is 22.8 Å². The average molecular weight is 274 g/mol. The number of amides is 1. The van der Waals surface area contributed by atoms with Crippen LogP contribution < -0.4 is 5.32 Å². The van der Waals surface area contributed by atoms with Gasteiger partial charge in [-0.25, -0.2) is 0 Å². The second kappa shape index (κ2) is 6.23. The van der Waals surface area contributed by atoms with Gasteiger partial charge in [0.15, 0.2) is 0 Å². The van der Waals surface area contributed by atoms with Gasteiger partial charge in [-0.15, -0.1) is 0 Å². The standard InChI is InChI=1S/C15H18N2O3/c1-11(15(19)20)10-16-14(18)7-9-17-8-6-12-4-2-3-5-13(12)17/h2-6,8,11H,7,9-10H2,1H3,(H,16,18)(H,19,20). The highest BCUT2D eigenvalue weighted by Gasteiger charge is 2.12. The first-order valence-corrected chi connectivity index (χ1v) is 6.61. The van der Waals surface area contributed by atoms with Gasteiger partial charge >= 0.3 is 5.97 Å². The molecule has 0 saturated heterocycles. The lowest BCUT2D eigenvalue weighted by Gasteiger charge is -2.09. The van der Waals surface area contributed by atoms with E-state index in [2.05, 4.69) is 5.32 Å². The quantitative estimate of drug-likeness (QED) is 0.844. The van der Waals surface area contributed by atoms with Crippen LogP contribution in [0.25, 0.3) is 10.9 Å². The largest absolute Gasteiger partial charge is 0.481 e. The van der Waals surface area contributed by atoms with E-state index in [1.165, 1.54) is 0 Å². The molecule has 5 heteroatoms. The monoisotopic (exact) mass is 274 g/mol. The van der Waals surface area contributed by atoms with Gasteiger partial charge in [-0.3, -0.25) is 9.59 Å². The molecule has 0 bridgehead atoms. The SMILES string of the molecule is CC(CNC(=O)CCn1ccc2ccccc21)C(=O)O. The molecule has 20 heavy (non-hydrogen) atoms. The van der Waals surface area contributed by atoms with Crippen molar-refractivity contribution in [3.05, 3.63) is 36.5 Å². The van der Waals surface area contributed by atoms with Crippen LogP contribution in [0, 0.1) is 5.92 Å². The number of hydrogen-bond acceptors (Lipinski definition) is 2. The summed E-state index contributed by atoms with van der Waals surface area (Å²) in [5.74, 6) is -1.59. The van der Waals surface area contributed by atoms with E-state index in [1.807, 2.05) is 41.1 Å². The summed E-state index contributed by atoms with van der Waals surface area (Å²) in [4.78, 5) is 22.3. The summed E-state index contributed by atoms with van der Waals surface area (Å²) in [7, 11) is 0. The molecule has 106 valence electrons. The minimum Gasteiger partial charge on any atom is -0.481 e. The molecule has 0 aliphatic rings. The summed E-state index contributed by atoms with van der Waals surface area (Å²) in [5, 5.41) is 12.5. The van der Waals surface area contributed by atoms with Gasteiger partial charge in [0.05, 0.1) is 5.92 Å². The first kappa shape index (κ1) is 14.1. The average Bonchev–Trinajstić information content (AvgIpc) is 2.85. The molecule has 5 nitrogen and oxygen atoms in total. The number of rotatable bonds is 6. The Labute approximate surface area is 117 Å². The molecule has 0 spiro atoms. The molecule has 0 aliphatic carbocycles. The summed E-state index contributed by atoms with van der Waals surface area (Å²) < 4.78 is 2.02. The zero-order valence-electron chi connectivity index (χ0n) is 11.4. The van der Waals surface area contributed by atoms with Crippen LogP contribution in [0.3, 0.4) is 0 Å². The van der Waals surface area contributed by atoms with Crippen LogP contribution in [0.15, 0.2) is 36.5 Å². The molecule has 1 amide bonds. The Hall–Kier alpha value is -2.30. The molecule has 0 fully saturated rings. The van der Waals surface area contributed by atoms with Crippen molar-refractivity contribution in [3.63, 3.8) is 0 Å². The Morgan fingerprint density at radius 1 is 1.30 bits per heavy atom. The predicted molar refractivity (Wildman–Crippen MR) is 76.4 cm³/mol. The summed E-state index contributed by atoms with van der Waals surface area (Å²) in [6.07, 6.45) is 2.29. The molecule has 2 N–H and O–H groups in total. The van der Waals surface area contributed by atoms with Crippen molar-refractivity contribution in [2.45, 2.75) is 19.9 Å². The lowest BCUT2D eigenvalue weighted by Crippen LogP contribution is -2.31. The summed E-state index contributed by atoms with van der Waals surface area (Å²) in [5.41, 5.74) is 1.10. The fraction of sp³-hybridized carbons (Fsp3) is 0.333. The highest BCUT2D eigenvalue weighted by Crippen LogP contribution is 2.15. The molecule has 0 radical (unpaired) electrons. The van der Waals surface area contributed by atoms with E-state index < -0.39 is 11.9 Å². The van der Waals surface area contributed by atoms with Crippen LogP contribution in [-0.4, -0.2) is 28.1 Å². The van der Waals surface area contributed by atoms with Crippen LogP contribution in [0.5, 0.6) is 0 Å². The van der Waals surface area contributed by atoms with E-state index in [-0.39, 0.29) is 12.5 Å². The number of benzene rings is 1. The number of aromatic nitrogens is 1. The molecule has 1 unspecified atom stereocenters. The summed E-state index contributed by atoms with van der Waals surface area (Å²) in [6, 6.07) is 10.0. The zero-order valence-corrected chi connectivity index (χ0v) is 11.4. The van der Waals surface area contributed by atoms with Crippen molar-refractivity contribution in [2.24, 2.45) is 5.92 Å². The molecule has 2 aromatic rings. The van der Waals surface area contributed by atoms with Crippen LogP contribution in [0.2, 0.25) is 0 Å². The van der Waals surface area contributed by atoms with Gasteiger partial charge in [0.25, 0.3) is 0 Å². The summed E-state index contributed by atoms with van der Waals surface area (Å²) >= 11 is 0. The molecule has 1 aromatic heterocycles. The first-order valence-electron chi connectivity index (χ1n) is 6.61. The minimum atomic E-state index is -0.901. The van der Waals surface area contributed by atoms with Crippen LogP contribution in [-0.2, 0) is 16.1 Å². The van der Waals surface area contributed by atoms with Crippen LogP contribution in [0.1, 0.15) is 13.3 Å². The Kier molecular flexibility index (Phi) is 4.40. The number of fused-ring (bicyclic) bond motifs is 1. The molecular formula is C15H18N2O3. The summed E-state index contributed by atoms with van der Waals surface area (Å²) in [6.45, 7) is 2.32. The van der Waals surface area contributed by atoms with Gasteiger partial charge in [-0.1, -0.05) is 25.1 Å². The maximum Gasteiger partial charge on any atom is 0.308 e. The third-order valence-corrected chi connectivity index (χ3v) is 3.29. The number of carbonyl (C=O) groups is 2. The lowest BCUT2D eigenvalue weighted by atomic mass is 10.2. The minimum absolute atomic E-state index is 0.129.